The van der Waals surface area contributed by atoms with Crippen molar-refractivity contribution in [1.29, 1.82) is 0 Å². The molecule has 0 aromatic heterocycles. The Morgan fingerprint density at radius 3 is 2.06 bits per heavy atom. The third-order valence-corrected chi connectivity index (χ3v) is 4.18. The van der Waals surface area contributed by atoms with E-state index in [0.29, 0.717) is 12.8 Å². The number of carboxylic acids is 1. The van der Waals surface area contributed by atoms with E-state index in [9.17, 15) is 9.90 Å². The minimum absolute atomic E-state index is 0.0617. The van der Waals surface area contributed by atoms with Crippen molar-refractivity contribution in [3.63, 3.8) is 0 Å². The SMILES string of the molecule is CCC(CCC(Cl)CC(Cl)(Cl)Cl)C(C)(C)C(=O)O. The summed E-state index contributed by atoms with van der Waals surface area (Å²) < 4.78 is -1.35. The van der Waals surface area contributed by atoms with Gasteiger partial charge in [-0.1, -0.05) is 48.1 Å². The topological polar surface area (TPSA) is 37.3 Å². The largest absolute Gasteiger partial charge is 0.481 e. The van der Waals surface area contributed by atoms with E-state index in [0.717, 1.165) is 6.42 Å². The van der Waals surface area contributed by atoms with Gasteiger partial charge in [-0.3, -0.25) is 4.79 Å². The maximum absolute atomic E-state index is 11.2. The molecular formula is C12H20Cl4O2. The Morgan fingerprint density at radius 1 is 1.22 bits per heavy atom. The Bertz CT molecular complexity index is 274. The van der Waals surface area contributed by atoms with Gasteiger partial charge in [-0.25, -0.2) is 0 Å². The molecule has 2 unspecified atom stereocenters. The molecule has 0 aliphatic carbocycles. The smallest absolute Gasteiger partial charge is 0.309 e. The molecule has 0 bridgehead atoms. The molecule has 0 aliphatic rings. The van der Waals surface area contributed by atoms with Crippen LogP contribution in [0.25, 0.3) is 0 Å². The molecule has 0 fully saturated rings. The second-order valence-corrected chi connectivity index (χ2v) is 8.26. The summed E-state index contributed by atoms with van der Waals surface area (Å²) >= 11 is 23.1. The second-order valence-electron chi connectivity index (χ2n) is 5.13. The number of carboxylic acid groups (broad SMARTS) is 1. The minimum atomic E-state index is -1.35. The van der Waals surface area contributed by atoms with Crippen molar-refractivity contribution < 1.29 is 9.90 Å². The number of aliphatic carboxylic acids is 1. The van der Waals surface area contributed by atoms with Crippen molar-refractivity contribution in [3.05, 3.63) is 0 Å². The average molecular weight is 338 g/mol. The Hall–Kier alpha value is 0.630. The number of rotatable bonds is 7. The molecule has 108 valence electrons. The van der Waals surface area contributed by atoms with Crippen LogP contribution in [0.15, 0.2) is 0 Å². The van der Waals surface area contributed by atoms with E-state index in [1.807, 2.05) is 6.92 Å². The highest BCUT2D eigenvalue weighted by Crippen LogP contribution is 2.37. The molecular weight excluding hydrogens is 318 g/mol. The van der Waals surface area contributed by atoms with E-state index in [4.69, 9.17) is 46.4 Å². The Balaban J connectivity index is 4.37. The van der Waals surface area contributed by atoms with Gasteiger partial charge in [-0.15, -0.1) is 11.6 Å². The molecule has 0 rings (SSSR count). The fraction of sp³-hybridized carbons (Fsp3) is 0.917. The summed E-state index contributed by atoms with van der Waals surface area (Å²) in [6.07, 6.45) is 2.41. The number of halogens is 4. The maximum atomic E-state index is 11.2. The van der Waals surface area contributed by atoms with Crippen LogP contribution in [-0.4, -0.2) is 20.2 Å². The highest BCUT2D eigenvalue weighted by atomic mass is 35.6. The zero-order chi connectivity index (χ0) is 14.6. The lowest BCUT2D eigenvalue weighted by molar-refractivity contribution is -0.150. The highest BCUT2D eigenvalue weighted by Gasteiger charge is 2.36. The van der Waals surface area contributed by atoms with Crippen LogP contribution in [0.3, 0.4) is 0 Å². The van der Waals surface area contributed by atoms with Crippen molar-refractivity contribution in [1.82, 2.24) is 0 Å². The zero-order valence-electron chi connectivity index (χ0n) is 10.9. The van der Waals surface area contributed by atoms with Crippen LogP contribution >= 0.6 is 46.4 Å². The minimum Gasteiger partial charge on any atom is -0.481 e. The predicted molar refractivity (Wildman–Crippen MR) is 79.0 cm³/mol. The third-order valence-electron chi connectivity index (χ3n) is 3.35. The Labute approximate surface area is 129 Å². The summed E-state index contributed by atoms with van der Waals surface area (Å²) in [5, 5.41) is 8.94. The van der Waals surface area contributed by atoms with Crippen molar-refractivity contribution in [2.45, 2.75) is 55.6 Å². The van der Waals surface area contributed by atoms with Crippen LogP contribution in [0.5, 0.6) is 0 Å². The first-order valence-corrected chi connectivity index (χ1v) is 7.52. The van der Waals surface area contributed by atoms with E-state index < -0.39 is 15.2 Å². The predicted octanol–water partition coefficient (Wildman–Crippen LogP) is 5.27. The quantitative estimate of drug-likeness (QED) is 0.642. The second kappa shape index (κ2) is 7.42. The molecule has 0 amide bonds. The van der Waals surface area contributed by atoms with Gasteiger partial charge in [0.2, 0.25) is 0 Å². The van der Waals surface area contributed by atoms with Crippen molar-refractivity contribution in [2.75, 3.05) is 0 Å². The lowest BCUT2D eigenvalue weighted by atomic mass is 9.74. The van der Waals surface area contributed by atoms with Crippen LogP contribution in [0.4, 0.5) is 0 Å². The molecule has 0 heterocycles. The van der Waals surface area contributed by atoms with Gasteiger partial charge in [0, 0.05) is 11.8 Å². The van der Waals surface area contributed by atoms with Crippen molar-refractivity contribution >= 4 is 52.4 Å². The molecule has 2 atom stereocenters. The van der Waals surface area contributed by atoms with Crippen molar-refractivity contribution in [2.24, 2.45) is 11.3 Å². The Kier molecular flexibility index (Phi) is 7.68. The van der Waals surface area contributed by atoms with Gasteiger partial charge in [0.05, 0.1) is 5.41 Å². The number of hydrogen-bond donors (Lipinski definition) is 1. The van der Waals surface area contributed by atoms with Gasteiger partial charge in [0.15, 0.2) is 3.79 Å². The first-order valence-electron chi connectivity index (χ1n) is 5.95. The maximum Gasteiger partial charge on any atom is 0.309 e. The molecule has 0 aromatic rings. The van der Waals surface area contributed by atoms with Gasteiger partial charge in [0.1, 0.15) is 0 Å². The van der Waals surface area contributed by atoms with Crippen LogP contribution in [-0.2, 0) is 4.79 Å². The van der Waals surface area contributed by atoms with Gasteiger partial charge >= 0.3 is 5.97 Å². The molecule has 0 aromatic carbocycles. The number of alkyl halides is 4. The van der Waals surface area contributed by atoms with Gasteiger partial charge in [-0.2, -0.15) is 0 Å². The molecule has 0 saturated carbocycles. The van der Waals surface area contributed by atoms with E-state index in [2.05, 4.69) is 0 Å². The number of carbonyl (C=O) groups is 1. The monoisotopic (exact) mass is 336 g/mol. The molecule has 0 radical (unpaired) electrons. The molecule has 1 N–H and O–H groups in total. The van der Waals surface area contributed by atoms with Crippen LogP contribution in [0.1, 0.15) is 46.5 Å². The average Bonchev–Trinajstić information content (AvgIpc) is 2.14. The molecule has 2 nitrogen and oxygen atoms in total. The lowest BCUT2D eigenvalue weighted by Crippen LogP contribution is -2.33. The highest BCUT2D eigenvalue weighted by molar-refractivity contribution is 6.67. The summed E-state index contributed by atoms with van der Waals surface area (Å²) in [6.45, 7) is 5.46. The molecule has 0 saturated heterocycles. The van der Waals surface area contributed by atoms with Gasteiger partial charge in [0.25, 0.3) is 0 Å². The fourth-order valence-electron chi connectivity index (χ4n) is 1.99. The van der Waals surface area contributed by atoms with Crippen LogP contribution in [0.2, 0.25) is 0 Å². The van der Waals surface area contributed by atoms with E-state index in [1.165, 1.54) is 0 Å². The first kappa shape index (κ1) is 18.6. The molecule has 0 aliphatic heterocycles. The van der Waals surface area contributed by atoms with E-state index in [-0.39, 0.29) is 17.7 Å². The first-order chi connectivity index (χ1) is 8.00. The van der Waals surface area contributed by atoms with Gasteiger partial charge < -0.3 is 5.11 Å². The summed E-state index contributed by atoms with van der Waals surface area (Å²) in [4.78, 5) is 11.2. The standard InChI is InChI=1S/C12H20Cl4O2/c1-4-8(11(2,3)10(17)18)5-6-9(13)7-12(14,15)16/h8-9H,4-7H2,1-3H3,(H,17,18). The summed E-state index contributed by atoms with van der Waals surface area (Å²) in [5.74, 6) is -0.728. The van der Waals surface area contributed by atoms with Gasteiger partial charge in [-0.05, 0) is 32.6 Å². The normalized spacial score (nSPS) is 16.4. The number of hydrogen-bond acceptors (Lipinski definition) is 1. The third kappa shape index (κ3) is 6.70. The Morgan fingerprint density at radius 2 is 1.72 bits per heavy atom. The van der Waals surface area contributed by atoms with Crippen molar-refractivity contribution in [3.8, 4) is 0 Å². The van der Waals surface area contributed by atoms with Crippen LogP contribution in [0, 0.1) is 11.3 Å². The fourth-order valence-corrected chi connectivity index (χ4v) is 3.14. The van der Waals surface area contributed by atoms with Crippen LogP contribution < -0.4 is 0 Å². The lowest BCUT2D eigenvalue weighted by Gasteiger charge is -2.30. The molecule has 18 heavy (non-hydrogen) atoms. The summed E-state index contributed by atoms with van der Waals surface area (Å²) in [7, 11) is 0. The van der Waals surface area contributed by atoms with E-state index >= 15 is 0 Å². The molecule has 6 heteroatoms. The molecule has 0 spiro atoms. The van der Waals surface area contributed by atoms with E-state index in [1.54, 1.807) is 13.8 Å². The summed E-state index contributed by atoms with van der Waals surface area (Å²) in [5.41, 5.74) is -0.759. The zero-order valence-corrected chi connectivity index (χ0v) is 13.9. The summed E-state index contributed by atoms with van der Waals surface area (Å²) in [6, 6.07) is 0.